The van der Waals surface area contributed by atoms with Gasteiger partial charge in [0.25, 0.3) is 0 Å². The number of phenols is 1. The number of benzene rings is 2. The van der Waals surface area contributed by atoms with Crippen molar-refractivity contribution < 1.29 is 24.1 Å². The van der Waals surface area contributed by atoms with Gasteiger partial charge in [0.05, 0.1) is 20.4 Å². The van der Waals surface area contributed by atoms with Crippen molar-refractivity contribution in [2.45, 2.75) is 6.54 Å². The van der Waals surface area contributed by atoms with Crippen LogP contribution in [0.4, 0.5) is 0 Å². The Morgan fingerprint density at radius 2 is 1.89 bits per heavy atom. The summed E-state index contributed by atoms with van der Waals surface area (Å²) in [5.74, 6) is 1.98. The molecule has 3 rings (SSSR count). The predicted molar refractivity (Wildman–Crippen MR) is 104 cm³/mol. The topological polar surface area (TPSA) is 93.6 Å². The molecule has 0 radical (unpaired) electrons. The summed E-state index contributed by atoms with van der Waals surface area (Å²) in [5.41, 5.74) is 4.41. The van der Waals surface area contributed by atoms with Crippen LogP contribution in [0.2, 0.25) is 0 Å². The maximum absolute atomic E-state index is 9.91. The minimum atomic E-state index is -0.0639. The highest BCUT2D eigenvalue weighted by Crippen LogP contribution is 2.36. The summed E-state index contributed by atoms with van der Waals surface area (Å²) in [6.07, 6.45) is 1.54. The molecule has 0 saturated carbocycles. The number of ether oxygens (including phenoxy) is 4. The Kier molecular flexibility index (Phi) is 5.82. The molecule has 1 aliphatic rings. The number of hydrazone groups is 1. The van der Waals surface area contributed by atoms with Gasteiger partial charge in [-0.3, -0.25) is 5.43 Å². The number of hydrogen-bond donors (Lipinski definition) is 3. The van der Waals surface area contributed by atoms with Crippen molar-refractivity contribution in [2.24, 2.45) is 5.10 Å². The van der Waals surface area contributed by atoms with Crippen LogP contribution in [0.15, 0.2) is 35.4 Å². The van der Waals surface area contributed by atoms with Crippen LogP contribution in [0, 0.1) is 0 Å². The number of methoxy groups -OCH3 is 2. The van der Waals surface area contributed by atoms with E-state index in [2.05, 4.69) is 15.8 Å². The van der Waals surface area contributed by atoms with E-state index in [1.165, 1.54) is 14.2 Å². The second-order valence-corrected chi connectivity index (χ2v) is 5.92. The van der Waals surface area contributed by atoms with E-state index >= 15 is 0 Å². The molecule has 27 heavy (non-hydrogen) atoms. The van der Waals surface area contributed by atoms with Gasteiger partial charge in [-0.2, -0.15) is 5.10 Å². The third kappa shape index (κ3) is 4.50. The third-order valence-electron chi connectivity index (χ3n) is 3.77. The van der Waals surface area contributed by atoms with Crippen LogP contribution in [0.3, 0.4) is 0 Å². The van der Waals surface area contributed by atoms with E-state index in [0.717, 1.165) is 17.1 Å². The Morgan fingerprint density at radius 3 is 2.59 bits per heavy atom. The maximum Gasteiger partial charge on any atom is 0.231 e. The molecule has 1 heterocycles. The van der Waals surface area contributed by atoms with Crippen molar-refractivity contribution >= 4 is 23.5 Å². The Balaban J connectivity index is 1.54. The highest BCUT2D eigenvalue weighted by atomic mass is 32.1. The van der Waals surface area contributed by atoms with E-state index in [4.69, 9.17) is 31.2 Å². The van der Waals surface area contributed by atoms with Crippen molar-refractivity contribution in [1.29, 1.82) is 0 Å². The third-order valence-corrected chi connectivity index (χ3v) is 4.01. The lowest BCUT2D eigenvalue weighted by molar-refractivity contribution is 0.174. The van der Waals surface area contributed by atoms with Crippen LogP contribution < -0.4 is 29.7 Å². The summed E-state index contributed by atoms with van der Waals surface area (Å²) < 4.78 is 20.8. The van der Waals surface area contributed by atoms with Crippen LogP contribution in [-0.4, -0.2) is 37.4 Å². The largest absolute Gasteiger partial charge is 0.502 e. The summed E-state index contributed by atoms with van der Waals surface area (Å²) in [6.45, 7) is 0.757. The van der Waals surface area contributed by atoms with Crippen LogP contribution in [0.25, 0.3) is 0 Å². The highest BCUT2D eigenvalue weighted by molar-refractivity contribution is 7.80. The Labute approximate surface area is 161 Å². The molecule has 1 aliphatic heterocycles. The SMILES string of the molecule is COc1cc(/C=N/NC(=S)NCc2ccc3c(c2)OCO3)cc(OC)c1O. The van der Waals surface area contributed by atoms with Gasteiger partial charge in [0.15, 0.2) is 28.1 Å². The number of aromatic hydroxyl groups is 1. The number of phenolic OH excluding ortho intramolecular Hbond substituents is 1. The van der Waals surface area contributed by atoms with Gasteiger partial charge in [-0.05, 0) is 42.0 Å². The fourth-order valence-electron chi connectivity index (χ4n) is 2.43. The highest BCUT2D eigenvalue weighted by Gasteiger charge is 2.13. The van der Waals surface area contributed by atoms with Crippen molar-refractivity contribution in [1.82, 2.24) is 10.7 Å². The van der Waals surface area contributed by atoms with Crippen molar-refractivity contribution in [2.75, 3.05) is 21.0 Å². The van der Waals surface area contributed by atoms with Crippen LogP contribution in [-0.2, 0) is 6.54 Å². The van der Waals surface area contributed by atoms with Gasteiger partial charge in [-0.1, -0.05) is 6.07 Å². The lowest BCUT2D eigenvalue weighted by Crippen LogP contribution is -2.31. The fourth-order valence-corrected chi connectivity index (χ4v) is 2.55. The summed E-state index contributed by atoms with van der Waals surface area (Å²) in [7, 11) is 2.92. The van der Waals surface area contributed by atoms with E-state index < -0.39 is 0 Å². The van der Waals surface area contributed by atoms with Crippen LogP contribution >= 0.6 is 12.2 Å². The van der Waals surface area contributed by atoms with Crippen LogP contribution in [0.1, 0.15) is 11.1 Å². The first-order chi connectivity index (χ1) is 13.1. The van der Waals surface area contributed by atoms with Gasteiger partial charge in [-0.25, -0.2) is 0 Å². The zero-order valence-electron chi connectivity index (χ0n) is 14.8. The number of thiocarbonyl (C=S) groups is 1. The Morgan fingerprint density at radius 1 is 1.19 bits per heavy atom. The molecule has 9 heteroatoms. The molecule has 0 fully saturated rings. The Hall–Kier alpha value is -3.20. The molecule has 0 aromatic heterocycles. The average Bonchev–Trinajstić information content (AvgIpc) is 3.15. The summed E-state index contributed by atoms with van der Waals surface area (Å²) >= 11 is 5.20. The monoisotopic (exact) mass is 389 g/mol. The first-order valence-electron chi connectivity index (χ1n) is 8.01. The first-order valence-corrected chi connectivity index (χ1v) is 8.42. The smallest absolute Gasteiger partial charge is 0.231 e. The zero-order valence-corrected chi connectivity index (χ0v) is 15.6. The summed E-state index contributed by atoms with van der Waals surface area (Å²) in [5, 5.41) is 17.4. The van der Waals surface area contributed by atoms with Gasteiger partial charge in [0.1, 0.15) is 0 Å². The molecule has 0 unspecified atom stereocenters. The van der Waals surface area contributed by atoms with E-state index in [1.54, 1.807) is 18.3 Å². The van der Waals surface area contributed by atoms with E-state index in [0.29, 0.717) is 28.7 Å². The minimum Gasteiger partial charge on any atom is -0.502 e. The standard InChI is InChI=1S/C18H19N3O5S/c1-23-15-6-12(7-16(24-2)17(15)22)9-20-21-18(27)19-8-11-3-4-13-14(5-11)26-10-25-13/h3-7,9,22H,8,10H2,1-2H3,(H2,19,21,27)/b20-9+. The number of rotatable bonds is 6. The van der Waals surface area contributed by atoms with E-state index in [9.17, 15) is 5.11 Å². The molecule has 2 aromatic rings. The molecule has 8 nitrogen and oxygen atoms in total. The maximum atomic E-state index is 9.91. The van der Waals surface area contributed by atoms with Gasteiger partial charge in [-0.15, -0.1) is 0 Å². The second kappa shape index (κ2) is 8.45. The summed E-state index contributed by atoms with van der Waals surface area (Å²) in [6, 6.07) is 8.95. The number of fused-ring (bicyclic) bond motifs is 1. The molecule has 3 N–H and O–H groups in total. The van der Waals surface area contributed by atoms with Crippen molar-refractivity contribution in [3.8, 4) is 28.7 Å². The molecule has 0 spiro atoms. The van der Waals surface area contributed by atoms with Crippen molar-refractivity contribution in [3.05, 3.63) is 41.5 Å². The van der Waals surface area contributed by atoms with Gasteiger partial charge >= 0.3 is 0 Å². The average molecular weight is 389 g/mol. The molecule has 0 aliphatic carbocycles. The number of nitrogens with zero attached hydrogens (tertiary/aromatic N) is 1. The quantitative estimate of drug-likeness (QED) is 0.393. The van der Waals surface area contributed by atoms with Crippen molar-refractivity contribution in [3.63, 3.8) is 0 Å². The molecule has 0 amide bonds. The zero-order chi connectivity index (χ0) is 19.2. The second-order valence-electron chi connectivity index (χ2n) is 5.51. The van der Waals surface area contributed by atoms with Crippen LogP contribution in [0.5, 0.6) is 28.7 Å². The number of hydrogen-bond acceptors (Lipinski definition) is 7. The lowest BCUT2D eigenvalue weighted by atomic mass is 10.2. The molecular formula is C18H19N3O5S. The summed E-state index contributed by atoms with van der Waals surface area (Å²) in [4.78, 5) is 0. The van der Waals surface area contributed by atoms with Gasteiger partial charge in [0, 0.05) is 12.1 Å². The Bertz CT molecular complexity index is 847. The molecule has 2 aromatic carbocycles. The predicted octanol–water partition coefficient (Wildman–Crippen LogP) is 2.14. The fraction of sp³-hybridized carbons (Fsp3) is 0.222. The van der Waals surface area contributed by atoms with Gasteiger partial charge in [0.2, 0.25) is 12.5 Å². The molecule has 0 atom stereocenters. The minimum absolute atomic E-state index is 0.0639. The number of nitrogens with one attached hydrogen (secondary N) is 2. The van der Waals surface area contributed by atoms with E-state index in [1.807, 2.05) is 18.2 Å². The van der Waals surface area contributed by atoms with Gasteiger partial charge < -0.3 is 29.4 Å². The lowest BCUT2D eigenvalue weighted by Gasteiger charge is -2.09. The first kappa shape index (κ1) is 18.6. The molecule has 0 saturated heterocycles. The normalized spacial score (nSPS) is 12.1. The molecule has 142 valence electrons. The molecular weight excluding hydrogens is 370 g/mol. The molecule has 0 bridgehead atoms. The van der Waals surface area contributed by atoms with E-state index in [-0.39, 0.29) is 12.5 Å².